The molecule has 3 rings (SSSR count). The standard InChI is InChI=1S/C19H26N4O2S/c1-5-14(24)23-10-6-9-19(2,11-23)13-8-7-12-15(20)16(18(25)22(3)4)26-17(12)21-13/h7-8H,5-6,9-11,20H2,1-4H3. The Bertz CT molecular complexity index is 861. The van der Waals surface area contributed by atoms with E-state index in [2.05, 4.69) is 6.92 Å². The summed E-state index contributed by atoms with van der Waals surface area (Å²) in [6, 6.07) is 3.96. The van der Waals surface area contributed by atoms with Gasteiger partial charge in [0, 0.05) is 50.1 Å². The van der Waals surface area contributed by atoms with Crippen LogP contribution >= 0.6 is 11.3 Å². The molecule has 6 nitrogen and oxygen atoms in total. The number of nitrogens with zero attached hydrogens (tertiary/aromatic N) is 3. The van der Waals surface area contributed by atoms with Gasteiger partial charge in [-0.2, -0.15) is 0 Å². The van der Waals surface area contributed by atoms with E-state index in [9.17, 15) is 9.59 Å². The molecule has 0 aromatic carbocycles. The van der Waals surface area contributed by atoms with Crippen LogP contribution < -0.4 is 5.73 Å². The predicted octanol–water partition coefficient (Wildman–Crippen LogP) is 2.87. The summed E-state index contributed by atoms with van der Waals surface area (Å²) in [5.74, 6) is 0.0897. The summed E-state index contributed by atoms with van der Waals surface area (Å²) in [4.78, 5) is 34.1. The number of rotatable bonds is 3. The summed E-state index contributed by atoms with van der Waals surface area (Å²) in [6.45, 7) is 5.57. The maximum atomic E-state index is 12.3. The van der Waals surface area contributed by atoms with Gasteiger partial charge in [-0.1, -0.05) is 13.8 Å². The van der Waals surface area contributed by atoms with E-state index < -0.39 is 0 Å². The number of pyridine rings is 1. The highest BCUT2D eigenvalue weighted by molar-refractivity contribution is 7.21. The molecule has 1 atom stereocenters. The van der Waals surface area contributed by atoms with Crippen molar-refractivity contribution in [2.45, 2.75) is 38.5 Å². The Morgan fingerprint density at radius 3 is 2.77 bits per heavy atom. The van der Waals surface area contributed by atoms with Crippen molar-refractivity contribution in [2.75, 3.05) is 32.9 Å². The zero-order valence-corrected chi connectivity index (χ0v) is 16.7. The highest BCUT2D eigenvalue weighted by atomic mass is 32.1. The topological polar surface area (TPSA) is 79.5 Å². The SMILES string of the molecule is CCC(=O)N1CCCC(C)(c2ccc3c(N)c(C(=O)N(C)C)sc3n2)C1. The van der Waals surface area contributed by atoms with Crippen LogP contribution in [0.4, 0.5) is 5.69 Å². The fourth-order valence-electron chi connectivity index (χ4n) is 3.58. The van der Waals surface area contributed by atoms with Crippen molar-refractivity contribution in [1.82, 2.24) is 14.8 Å². The molecule has 1 unspecified atom stereocenters. The zero-order chi connectivity index (χ0) is 19.1. The Hall–Kier alpha value is -2.15. The third kappa shape index (κ3) is 3.16. The van der Waals surface area contributed by atoms with E-state index in [1.165, 1.54) is 16.2 Å². The van der Waals surface area contributed by atoms with Crippen molar-refractivity contribution in [2.24, 2.45) is 0 Å². The molecule has 2 N–H and O–H groups in total. The van der Waals surface area contributed by atoms with Gasteiger partial charge in [-0.3, -0.25) is 9.59 Å². The molecule has 1 saturated heterocycles. The third-order valence-electron chi connectivity index (χ3n) is 5.16. The van der Waals surface area contributed by atoms with Crippen LogP contribution in [0.3, 0.4) is 0 Å². The molecule has 2 amide bonds. The quantitative estimate of drug-likeness (QED) is 0.896. The van der Waals surface area contributed by atoms with Gasteiger partial charge in [0.1, 0.15) is 9.71 Å². The van der Waals surface area contributed by atoms with Crippen LogP contribution in [0, 0.1) is 0 Å². The first-order valence-electron chi connectivity index (χ1n) is 8.95. The number of nitrogens with two attached hydrogens (primary N) is 1. The van der Waals surface area contributed by atoms with Crippen LogP contribution in [0.5, 0.6) is 0 Å². The number of anilines is 1. The number of carbonyl (C=O) groups is 2. The first-order valence-corrected chi connectivity index (χ1v) is 9.77. The second-order valence-electron chi connectivity index (χ2n) is 7.43. The number of aromatic nitrogens is 1. The van der Waals surface area contributed by atoms with Gasteiger partial charge in [0.2, 0.25) is 5.91 Å². The summed E-state index contributed by atoms with van der Waals surface area (Å²) in [7, 11) is 3.43. The number of carbonyl (C=O) groups excluding carboxylic acids is 2. The maximum Gasteiger partial charge on any atom is 0.265 e. The van der Waals surface area contributed by atoms with Crippen molar-refractivity contribution >= 4 is 39.1 Å². The Morgan fingerprint density at radius 1 is 1.38 bits per heavy atom. The average molecular weight is 375 g/mol. The van der Waals surface area contributed by atoms with Gasteiger partial charge >= 0.3 is 0 Å². The number of hydrogen-bond donors (Lipinski definition) is 1. The normalized spacial score (nSPS) is 20.4. The molecule has 2 aromatic rings. The van der Waals surface area contributed by atoms with Gasteiger partial charge in [-0.05, 0) is 25.0 Å². The smallest absolute Gasteiger partial charge is 0.265 e. The largest absolute Gasteiger partial charge is 0.397 e. The van der Waals surface area contributed by atoms with E-state index in [-0.39, 0.29) is 17.2 Å². The summed E-state index contributed by atoms with van der Waals surface area (Å²) in [6.07, 6.45) is 2.49. The Morgan fingerprint density at radius 2 is 2.12 bits per heavy atom. The molecule has 0 saturated carbocycles. The lowest BCUT2D eigenvalue weighted by molar-refractivity contribution is -0.133. The second kappa shape index (κ2) is 6.87. The van der Waals surface area contributed by atoms with Gasteiger partial charge in [-0.15, -0.1) is 11.3 Å². The van der Waals surface area contributed by atoms with Crippen LogP contribution in [-0.2, 0) is 10.2 Å². The van der Waals surface area contributed by atoms with Crippen LogP contribution in [0.2, 0.25) is 0 Å². The van der Waals surface area contributed by atoms with E-state index in [1.54, 1.807) is 14.1 Å². The fraction of sp³-hybridized carbons (Fsp3) is 0.526. The van der Waals surface area contributed by atoms with E-state index in [0.29, 0.717) is 23.5 Å². The van der Waals surface area contributed by atoms with Gasteiger partial charge in [-0.25, -0.2) is 4.98 Å². The highest BCUT2D eigenvalue weighted by Gasteiger charge is 2.35. The molecular weight excluding hydrogens is 348 g/mol. The maximum absolute atomic E-state index is 12.3. The molecular formula is C19H26N4O2S. The van der Waals surface area contributed by atoms with Crippen LogP contribution in [0.1, 0.15) is 48.5 Å². The summed E-state index contributed by atoms with van der Waals surface area (Å²) in [5.41, 5.74) is 7.47. The fourth-order valence-corrected chi connectivity index (χ4v) is 4.70. The van der Waals surface area contributed by atoms with Gasteiger partial charge in [0.15, 0.2) is 0 Å². The molecule has 0 bridgehead atoms. The lowest BCUT2D eigenvalue weighted by Gasteiger charge is -2.40. The van der Waals surface area contributed by atoms with E-state index in [1.807, 2.05) is 24.0 Å². The van der Waals surface area contributed by atoms with E-state index in [0.717, 1.165) is 35.3 Å². The molecule has 0 radical (unpaired) electrons. The molecule has 0 spiro atoms. The molecule has 1 aliphatic rings. The van der Waals surface area contributed by atoms with Gasteiger partial charge < -0.3 is 15.5 Å². The van der Waals surface area contributed by atoms with Crippen molar-refractivity contribution in [3.05, 3.63) is 22.7 Å². The van der Waals surface area contributed by atoms with Crippen molar-refractivity contribution < 1.29 is 9.59 Å². The molecule has 2 aromatic heterocycles. The highest BCUT2D eigenvalue weighted by Crippen LogP contribution is 2.38. The van der Waals surface area contributed by atoms with Crippen LogP contribution in [-0.4, -0.2) is 53.8 Å². The Labute approximate surface area is 158 Å². The van der Waals surface area contributed by atoms with Gasteiger partial charge in [0.25, 0.3) is 5.91 Å². The van der Waals surface area contributed by atoms with Gasteiger partial charge in [0.05, 0.1) is 5.69 Å². The zero-order valence-electron chi connectivity index (χ0n) is 15.8. The number of thiophene rings is 1. The second-order valence-corrected chi connectivity index (χ2v) is 8.43. The van der Waals surface area contributed by atoms with Crippen LogP contribution in [0.25, 0.3) is 10.2 Å². The Balaban J connectivity index is 1.98. The summed E-state index contributed by atoms with van der Waals surface area (Å²) in [5, 5.41) is 0.824. The van der Waals surface area contributed by atoms with E-state index in [4.69, 9.17) is 10.7 Å². The Kier molecular flexibility index (Phi) is 4.92. The lowest BCUT2D eigenvalue weighted by Crippen LogP contribution is -2.47. The number of likely N-dealkylation sites (tertiary alicyclic amines) is 1. The van der Waals surface area contributed by atoms with Crippen molar-refractivity contribution in [1.29, 1.82) is 0 Å². The van der Waals surface area contributed by atoms with E-state index >= 15 is 0 Å². The monoisotopic (exact) mass is 374 g/mol. The minimum Gasteiger partial charge on any atom is -0.397 e. The number of amides is 2. The lowest BCUT2D eigenvalue weighted by atomic mass is 9.78. The number of fused-ring (bicyclic) bond motifs is 1. The molecule has 1 fully saturated rings. The molecule has 1 aliphatic heterocycles. The first-order chi connectivity index (χ1) is 12.3. The number of piperidine rings is 1. The third-order valence-corrected chi connectivity index (χ3v) is 6.27. The number of nitrogen functional groups attached to an aromatic ring is 1. The molecule has 3 heterocycles. The minimum absolute atomic E-state index is 0.101. The van der Waals surface area contributed by atoms with Crippen molar-refractivity contribution in [3.8, 4) is 0 Å². The summed E-state index contributed by atoms with van der Waals surface area (Å²) < 4.78 is 0. The van der Waals surface area contributed by atoms with Crippen LogP contribution in [0.15, 0.2) is 12.1 Å². The predicted molar refractivity (Wildman–Crippen MR) is 106 cm³/mol. The average Bonchev–Trinajstić information content (AvgIpc) is 2.96. The number of hydrogen-bond acceptors (Lipinski definition) is 5. The minimum atomic E-state index is -0.179. The van der Waals surface area contributed by atoms with Crippen molar-refractivity contribution in [3.63, 3.8) is 0 Å². The first kappa shape index (κ1) is 18.6. The molecule has 0 aliphatic carbocycles. The molecule has 7 heteroatoms. The molecule has 26 heavy (non-hydrogen) atoms. The summed E-state index contributed by atoms with van der Waals surface area (Å²) >= 11 is 1.34. The molecule has 140 valence electrons.